The number of aliphatic hydroxyl groups excluding tert-OH is 1. The average molecular weight is 429 g/mol. The van der Waals surface area contributed by atoms with Gasteiger partial charge in [0.2, 0.25) is 0 Å². The molecule has 7 heteroatoms. The number of Topliss-reactive ketones (excluding diaryl/α,β-unsaturated/α-hetero) is 1. The fraction of sp³-hybridized carbons (Fsp3) is 0.0800. The summed E-state index contributed by atoms with van der Waals surface area (Å²) in [6, 6.07) is 20.1. The molecule has 0 radical (unpaired) electrons. The summed E-state index contributed by atoms with van der Waals surface area (Å²) in [4.78, 5) is 38.6. The Morgan fingerprint density at radius 1 is 0.844 bits per heavy atom. The Morgan fingerprint density at radius 2 is 1.47 bits per heavy atom. The molecule has 0 aliphatic carbocycles. The van der Waals surface area contributed by atoms with Crippen LogP contribution in [-0.2, 0) is 9.59 Å². The van der Waals surface area contributed by atoms with Crippen LogP contribution in [0, 0.1) is 0 Å². The van der Waals surface area contributed by atoms with Gasteiger partial charge in [-0.05, 0) is 42.0 Å². The maximum Gasteiger partial charge on any atom is 0.335 e. The van der Waals surface area contributed by atoms with Crippen LogP contribution in [0.25, 0.3) is 5.76 Å². The van der Waals surface area contributed by atoms with Crippen LogP contribution >= 0.6 is 0 Å². The van der Waals surface area contributed by atoms with Crippen molar-refractivity contribution < 1.29 is 29.3 Å². The Labute approximate surface area is 183 Å². The number of carbonyl (C=O) groups is 3. The minimum Gasteiger partial charge on any atom is -0.507 e. The van der Waals surface area contributed by atoms with Crippen LogP contribution < -0.4 is 9.64 Å². The number of aliphatic hydroxyl groups is 1. The Morgan fingerprint density at radius 3 is 2.03 bits per heavy atom. The lowest BCUT2D eigenvalue weighted by molar-refractivity contribution is -0.132. The fourth-order valence-corrected chi connectivity index (χ4v) is 3.72. The molecule has 3 aromatic carbocycles. The van der Waals surface area contributed by atoms with Gasteiger partial charge in [0, 0.05) is 11.3 Å². The maximum absolute atomic E-state index is 13.1. The van der Waals surface area contributed by atoms with Crippen LogP contribution in [-0.4, -0.2) is 35.0 Å². The molecule has 3 aromatic rings. The first-order chi connectivity index (χ1) is 15.4. The lowest BCUT2D eigenvalue weighted by Gasteiger charge is -2.25. The van der Waals surface area contributed by atoms with E-state index < -0.39 is 23.7 Å². The summed E-state index contributed by atoms with van der Waals surface area (Å²) < 4.78 is 5.20. The highest BCUT2D eigenvalue weighted by atomic mass is 16.5. The normalized spacial score (nSPS) is 17.4. The van der Waals surface area contributed by atoms with Gasteiger partial charge in [0.05, 0.1) is 24.3 Å². The van der Waals surface area contributed by atoms with Crippen molar-refractivity contribution in [1.82, 2.24) is 0 Å². The highest BCUT2D eigenvalue weighted by molar-refractivity contribution is 6.51. The number of carboxylic acid groups (broad SMARTS) is 1. The predicted octanol–water partition coefficient (Wildman–Crippen LogP) is 4.02. The third-order valence-corrected chi connectivity index (χ3v) is 5.32. The third-order valence-electron chi connectivity index (χ3n) is 5.32. The maximum atomic E-state index is 13.1. The lowest BCUT2D eigenvalue weighted by Crippen LogP contribution is -2.29. The summed E-state index contributed by atoms with van der Waals surface area (Å²) in [6.45, 7) is 0. The summed E-state index contributed by atoms with van der Waals surface area (Å²) in [5.41, 5.74) is 1.34. The van der Waals surface area contributed by atoms with E-state index in [1.165, 1.54) is 36.3 Å². The second kappa shape index (κ2) is 8.39. The number of anilines is 1. The van der Waals surface area contributed by atoms with Crippen LogP contribution in [0.4, 0.5) is 5.69 Å². The van der Waals surface area contributed by atoms with Crippen molar-refractivity contribution >= 4 is 29.1 Å². The fourth-order valence-electron chi connectivity index (χ4n) is 3.72. The molecule has 1 aliphatic heterocycles. The molecule has 0 aromatic heterocycles. The molecule has 160 valence electrons. The number of hydrogen-bond donors (Lipinski definition) is 2. The molecule has 7 nitrogen and oxygen atoms in total. The first-order valence-corrected chi connectivity index (χ1v) is 9.76. The summed E-state index contributed by atoms with van der Waals surface area (Å²) in [5, 5.41) is 20.2. The number of hydrogen-bond acceptors (Lipinski definition) is 5. The van der Waals surface area contributed by atoms with Crippen molar-refractivity contribution in [3.8, 4) is 5.75 Å². The Hall–Kier alpha value is -4.39. The number of rotatable bonds is 5. The number of benzene rings is 3. The van der Waals surface area contributed by atoms with Gasteiger partial charge in [-0.3, -0.25) is 14.5 Å². The molecule has 4 rings (SSSR count). The zero-order chi connectivity index (χ0) is 22.8. The van der Waals surface area contributed by atoms with E-state index in [9.17, 15) is 19.5 Å². The zero-order valence-corrected chi connectivity index (χ0v) is 17.1. The van der Waals surface area contributed by atoms with Crippen LogP contribution in [0.15, 0.2) is 84.4 Å². The highest BCUT2D eigenvalue weighted by Gasteiger charge is 2.47. The van der Waals surface area contributed by atoms with Gasteiger partial charge in [-0.15, -0.1) is 0 Å². The van der Waals surface area contributed by atoms with Crippen molar-refractivity contribution in [1.29, 1.82) is 0 Å². The molecule has 1 aliphatic rings. The Balaban J connectivity index is 1.90. The summed E-state index contributed by atoms with van der Waals surface area (Å²) in [7, 11) is 1.53. The van der Waals surface area contributed by atoms with Gasteiger partial charge in [0.25, 0.3) is 11.7 Å². The number of nitrogens with zero attached hydrogens (tertiary/aromatic N) is 1. The smallest absolute Gasteiger partial charge is 0.335 e. The van der Waals surface area contributed by atoms with Gasteiger partial charge in [-0.25, -0.2) is 4.79 Å². The highest BCUT2D eigenvalue weighted by Crippen LogP contribution is 2.42. The van der Waals surface area contributed by atoms with E-state index in [-0.39, 0.29) is 16.9 Å². The van der Waals surface area contributed by atoms with Crippen LogP contribution in [0.1, 0.15) is 27.5 Å². The van der Waals surface area contributed by atoms with Gasteiger partial charge in [0.1, 0.15) is 11.5 Å². The molecule has 1 fully saturated rings. The standard InChI is InChI=1S/C25H19NO6/c1-32-19-13-9-15(10-14-19)21-20(22(27)16-5-3-2-4-6-16)23(28)24(29)26(21)18-11-7-17(8-12-18)25(30)31/h2-14,21,27H,1H3,(H,30,31)/b22-20+. The molecular formula is C25H19NO6. The topological polar surface area (TPSA) is 104 Å². The van der Waals surface area contributed by atoms with Crippen molar-refractivity contribution in [2.24, 2.45) is 0 Å². The first-order valence-electron chi connectivity index (χ1n) is 9.76. The van der Waals surface area contributed by atoms with Crippen LogP contribution in [0.2, 0.25) is 0 Å². The van der Waals surface area contributed by atoms with Crippen molar-refractivity contribution in [3.05, 3.63) is 101 Å². The van der Waals surface area contributed by atoms with Crippen molar-refractivity contribution in [2.45, 2.75) is 6.04 Å². The third kappa shape index (κ3) is 3.60. The first kappa shape index (κ1) is 20.9. The van der Waals surface area contributed by atoms with Crippen molar-refractivity contribution in [3.63, 3.8) is 0 Å². The number of ether oxygens (including phenoxy) is 1. The van der Waals surface area contributed by atoms with Crippen molar-refractivity contribution in [2.75, 3.05) is 12.0 Å². The molecule has 0 spiro atoms. The summed E-state index contributed by atoms with van der Waals surface area (Å²) >= 11 is 0. The molecule has 32 heavy (non-hydrogen) atoms. The van der Waals surface area contributed by atoms with E-state index >= 15 is 0 Å². The van der Waals surface area contributed by atoms with E-state index in [1.54, 1.807) is 54.6 Å². The van der Waals surface area contributed by atoms with Crippen LogP contribution in [0.3, 0.4) is 0 Å². The quantitative estimate of drug-likeness (QED) is 0.361. The SMILES string of the molecule is COc1ccc(C2/C(=C(\O)c3ccccc3)C(=O)C(=O)N2c2ccc(C(=O)O)cc2)cc1. The Bertz CT molecular complexity index is 1210. The summed E-state index contributed by atoms with van der Waals surface area (Å²) in [6.07, 6.45) is 0. The van der Waals surface area contributed by atoms with E-state index in [1.807, 2.05) is 0 Å². The molecule has 1 saturated heterocycles. The molecule has 1 unspecified atom stereocenters. The number of aromatic carboxylic acids is 1. The van der Waals surface area contributed by atoms with Gasteiger partial charge in [-0.2, -0.15) is 0 Å². The number of carboxylic acids is 1. The molecule has 0 bridgehead atoms. The van der Waals surface area contributed by atoms with Gasteiger partial charge >= 0.3 is 5.97 Å². The number of methoxy groups -OCH3 is 1. The second-order valence-corrected chi connectivity index (χ2v) is 7.16. The molecular weight excluding hydrogens is 410 g/mol. The predicted molar refractivity (Wildman–Crippen MR) is 118 cm³/mol. The number of carbonyl (C=O) groups excluding carboxylic acids is 2. The molecule has 2 N–H and O–H groups in total. The van der Waals surface area contributed by atoms with Gasteiger partial charge < -0.3 is 14.9 Å². The lowest BCUT2D eigenvalue weighted by atomic mass is 9.95. The largest absolute Gasteiger partial charge is 0.507 e. The molecule has 0 saturated carbocycles. The van der Waals surface area contributed by atoms with E-state index in [0.29, 0.717) is 22.6 Å². The number of amides is 1. The Kier molecular flexibility index (Phi) is 5.47. The summed E-state index contributed by atoms with van der Waals surface area (Å²) in [5.74, 6) is -2.43. The zero-order valence-electron chi connectivity index (χ0n) is 17.1. The van der Waals surface area contributed by atoms with E-state index in [4.69, 9.17) is 9.84 Å². The monoisotopic (exact) mass is 429 g/mol. The number of ketones is 1. The second-order valence-electron chi connectivity index (χ2n) is 7.16. The minimum absolute atomic E-state index is 0.0475. The molecule has 1 heterocycles. The van der Waals surface area contributed by atoms with Gasteiger partial charge in [-0.1, -0.05) is 42.5 Å². The molecule has 1 atom stereocenters. The minimum atomic E-state index is -1.10. The van der Waals surface area contributed by atoms with E-state index in [0.717, 1.165) is 0 Å². The average Bonchev–Trinajstić information content (AvgIpc) is 3.09. The van der Waals surface area contributed by atoms with Crippen LogP contribution in [0.5, 0.6) is 5.75 Å². The molecule has 1 amide bonds. The van der Waals surface area contributed by atoms with Gasteiger partial charge in [0.15, 0.2) is 0 Å². The van der Waals surface area contributed by atoms with E-state index in [2.05, 4.69) is 0 Å².